The molecule has 0 aromatic carbocycles. The van der Waals surface area contributed by atoms with Gasteiger partial charge >= 0.3 is 0 Å². The van der Waals surface area contributed by atoms with Gasteiger partial charge < -0.3 is 9.67 Å². The molecule has 2 heterocycles. The maximum Gasteiger partial charge on any atom is 0.111 e. The summed E-state index contributed by atoms with van der Waals surface area (Å²) in [5.74, 6) is 1.56. The molecule has 14 heavy (non-hydrogen) atoms. The van der Waals surface area contributed by atoms with Gasteiger partial charge in [0, 0.05) is 17.8 Å². The van der Waals surface area contributed by atoms with Gasteiger partial charge in [0.15, 0.2) is 0 Å². The second kappa shape index (κ2) is 3.73. The molecule has 1 aromatic heterocycles. The fourth-order valence-corrected chi connectivity index (χ4v) is 2.27. The number of imidazole rings is 1. The summed E-state index contributed by atoms with van der Waals surface area (Å²) in [6.45, 7) is 4.54. The highest BCUT2D eigenvalue weighted by Gasteiger charge is 2.23. The highest BCUT2D eigenvalue weighted by Crippen LogP contribution is 2.28. The molecule has 0 radical (unpaired) electrons. The van der Waals surface area contributed by atoms with E-state index in [0.29, 0.717) is 5.92 Å². The van der Waals surface area contributed by atoms with Gasteiger partial charge in [-0.3, -0.25) is 0 Å². The minimum absolute atomic E-state index is 0.239. The molecule has 0 bridgehead atoms. The van der Waals surface area contributed by atoms with Gasteiger partial charge in [-0.15, -0.1) is 0 Å². The van der Waals surface area contributed by atoms with E-state index >= 15 is 0 Å². The first-order chi connectivity index (χ1) is 6.74. The maximum absolute atomic E-state index is 9.31. The summed E-state index contributed by atoms with van der Waals surface area (Å²) in [7, 11) is 0. The number of aryl methyl sites for hydroxylation is 1. The lowest BCUT2D eigenvalue weighted by Gasteiger charge is -2.26. The topological polar surface area (TPSA) is 38.0 Å². The molecule has 0 spiro atoms. The monoisotopic (exact) mass is 194 g/mol. The van der Waals surface area contributed by atoms with Crippen LogP contribution < -0.4 is 0 Å². The van der Waals surface area contributed by atoms with Crippen molar-refractivity contribution in [2.24, 2.45) is 0 Å². The van der Waals surface area contributed by atoms with Crippen molar-refractivity contribution in [2.45, 2.75) is 45.1 Å². The molecule has 1 aliphatic heterocycles. The predicted molar refractivity (Wildman–Crippen MR) is 55.4 cm³/mol. The van der Waals surface area contributed by atoms with E-state index in [-0.39, 0.29) is 12.6 Å². The average molecular weight is 194 g/mol. The van der Waals surface area contributed by atoms with Crippen LogP contribution in [0.2, 0.25) is 0 Å². The largest absolute Gasteiger partial charge is 0.394 e. The fourth-order valence-electron chi connectivity index (χ4n) is 2.27. The maximum atomic E-state index is 9.31. The summed E-state index contributed by atoms with van der Waals surface area (Å²) in [6.07, 6.45) is 5.33. The zero-order valence-electron chi connectivity index (χ0n) is 8.90. The van der Waals surface area contributed by atoms with E-state index in [9.17, 15) is 5.11 Å². The number of aromatic nitrogens is 2. The van der Waals surface area contributed by atoms with Crippen LogP contribution in [0.25, 0.3) is 0 Å². The van der Waals surface area contributed by atoms with Crippen molar-refractivity contribution in [1.29, 1.82) is 0 Å². The minimum atomic E-state index is 0.239. The van der Waals surface area contributed by atoms with Gasteiger partial charge in [-0.2, -0.15) is 0 Å². The number of fused-ring (bicyclic) bond motifs is 1. The molecule has 0 fully saturated rings. The Kier molecular flexibility index (Phi) is 2.59. The van der Waals surface area contributed by atoms with Crippen molar-refractivity contribution < 1.29 is 5.11 Å². The number of aliphatic hydroxyl groups is 1. The minimum Gasteiger partial charge on any atom is -0.394 e. The Bertz CT molecular complexity index is 317. The lowest BCUT2D eigenvalue weighted by atomic mass is 10.0. The van der Waals surface area contributed by atoms with E-state index in [0.717, 1.165) is 18.7 Å². The van der Waals surface area contributed by atoms with Crippen molar-refractivity contribution in [1.82, 2.24) is 9.55 Å². The van der Waals surface area contributed by atoms with Crippen LogP contribution in [0.3, 0.4) is 0 Å². The number of rotatable bonds is 2. The summed E-state index contributed by atoms with van der Waals surface area (Å²) in [6, 6.07) is 0.263. The smallest absolute Gasteiger partial charge is 0.111 e. The molecule has 3 nitrogen and oxygen atoms in total. The summed E-state index contributed by atoms with van der Waals surface area (Å²) in [5, 5.41) is 9.31. The van der Waals surface area contributed by atoms with E-state index in [2.05, 4.69) is 23.4 Å². The molecule has 3 heteroatoms. The molecule has 78 valence electrons. The lowest BCUT2D eigenvalue weighted by molar-refractivity contribution is 0.203. The zero-order valence-corrected chi connectivity index (χ0v) is 8.90. The first kappa shape index (κ1) is 9.71. The quantitative estimate of drug-likeness (QED) is 0.780. The molecular weight excluding hydrogens is 176 g/mol. The van der Waals surface area contributed by atoms with Crippen LogP contribution in [0.5, 0.6) is 0 Å². The molecular formula is C11H18N2O. The van der Waals surface area contributed by atoms with E-state index in [1.807, 2.05) is 6.20 Å². The molecule has 0 saturated carbocycles. The van der Waals surface area contributed by atoms with Crippen molar-refractivity contribution in [2.75, 3.05) is 6.61 Å². The third-order valence-corrected chi connectivity index (χ3v) is 2.96. The Morgan fingerprint density at radius 3 is 3.07 bits per heavy atom. The number of nitrogens with zero attached hydrogens (tertiary/aromatic N) is 2. The molecule has 1 N–H and O–H groups in total. The van der Waals surface area contributed by atoms with Crippen molar-refractivity contribution in [3.8, 4) is 0 Å². The second-order valence-electron chi connectivity index (χ2n) is 4.36. The molecule has 2 rings (SSSR count). The highest BCUT2D eigenvalue weighted by molar-refractivity contribution is 5.12. The van der Waals surface area contributed by atoms with Crippen LogP contribution >= 0.6 is 0 Å². The van der Waals surface area contributed by atoms with Crippen molar-refractivity contribution in [3.05, 3.63) is 17.7 Å². The Morgan fingerprint density at radius 2 is 2.43 bits per heavy atom. The number of hydrogen-bond acceptors (Lipinski definition) is 2. The highest BCUT2D eigenvalue weighted by atomic mass is 16.3. The summed E-state index contributed by atoms with van der Waals surface area (Å²) in [4.78, 5) is 4.45. The molecule has 1 unspecified atom stereocenters. The summed E-state index contributed by atoms with van der Waals surface area (Å²) in [5.41, 5.74) is 1.29. The predicted octanol–water partition coefficient (Wildman–Crippen LogP) is 1.88. The van der Waals surface area contributed by atoms with Crippen molar-refractivity contribution in [3.63, 3.8) is 0 Å². The third-order valence-electron chi connectivity index (χ3n) is 2.96. The van der Waals surface area contributed by atoms with E-state index < -0.39 is 0 Å². The van der Waals surface area contributed by atoms with E-state index in [1.54, 1.807) is 0 Å². The zero-order chi connectivity index (χ0) is 10.1. The van der Waals surface area contributed by atoms with Crippen LogP contribution in [0.1, 0.15) is 50.2 Å². The molecule has 1 aromatic rings. The van der Waals surface area contributed by atoms with Crippen LogP contribution in [0.15, 0.2) is 6.20 Å². The van der Waals surface area contributed by atoms with Gasteiger partial charge in [0.2, 0.25) is 0 Å². The average Bonchev–Trinajstić information content (AvgIpc) is 2.60. The van der Waals surface area contributed by atoms with E-state index in [4.69, 9.17) is 0 Å². The summed E-state index contributed by atoms with van der Waals surface area (Å²) >= 11 is 0. The molecule has 0 aliphatic carbocycles. The third kappa shape index (κ3) is 1.46. The summed E-state index contributed by atoms with van der Waals surface area (Å²) < 4.78 is 2.24. The van der Waals surface area contributed by atoms with Gasteiger partial charge in [0.1, 0.15) is 5.82 Å². The lowest BCUT2D eigenvalue weighted by Crippen LogP contribution is -2.22. The standard InChI is InChI=1S/C11H18N2O/c1-8(2)11-12-6-9-4-3-5-10(7-14)13(9)11/h6,8,10,14H,3-5,7H2,1-2H3. The van der Waals surface area contributed by atoms with Crippen LogP contribution in [-0.2, 0) is 6.42 Å². The van der Waals surface area contributed by atoms with Crippen LogP contribution in [0, 0.1) is 0 Å². The van der Waals surface area contributed by atoms with Crippen LogP contribution in [-0.4, -0.2) is 21.3 Å². The van der Waals surface area contributed by atoms with Crippen molar-refractivity contribution >= 4 is 0 Å². The fraction of sp³-hybridized carbons (Fsp3) is 0.727. The normalized spacial score (nSPS) is 21.3. The molecule has 0 amide bonds. The Morgan fingerprint density at radius 1 is 1.64 bits per heavy atom. The molecule has 1 atom stereocenters. The molecule has 1 aliphatic rings. The van der Waals surface area contributed by atoms with E-state index in [1.165, 1.54) is 12.1 Å². The second-order valence-corrected chi connectivity index (χ2v) is 4.36. The van der Waals surface area contributed by atoms with Gasteiger partial charge in [0.05, 0.1) is 12.6 Å². The van der Waals surface area contributed by atoms with Gasteiger partial charge in [-0.1, -0.05) is 13.8 Å². The number of aliphatic hydroxyl groups excluding tert-OH is 1. The van der Waals surface area contributed by atoms with Gasteiger partial charge in [-0.25, -0.2) is 4.98 Å². The van der Waals surface area contributed by atoms with Crippen LogP contribution in [0.4, 0.5) is 0 Å². The molecule has 0 saturated heterocycles. The van der Waals surface area contributed by atoms with Gasteiger partial charge in [-0.05, 0) is 19.3 Å². The first-order valence-electron chi connectivity index (χ1n) is 5.41. The van der Waals surface area contributed by atoms with Gasteiger partial charge in [0.25, 0.3) is 0 Å². The Hall–Kier alpha value is -0.830. The number of hydrogen-bond donors (Lipinski definition) is 1. The Balaban J connectivity index is 2.41. The SMILES string of the molecule is CC(C)c1ncc2n1C(CO)CCC2. The first-order valence-corrected chi connectivity index (χ1v) is 5.41. The Labute approximate surface area is 84.8 Å².